The number of ether oxygens (including phenoxy) is 1. The molecule has 4 heteroatoms. The second-order valence-corrected chi connectivity index (χ2v) is 4.93. The Morgan fingerprint density at radius 2 is 2.16 bits per heavy atom. The van der Waals surface area contributed by atoms with Crippen molar-refractivity contribution in [1.29, 1.82) is 0 Å². The van der Waals surface area contributed by atoms with Crippen LogP contribution in [-0.4, -0.2) is 15.6 Å². The van der Waals surface area contributed by atoms with E-state index in [4.69, 9.17) is 4.74 Å². The summed E-state index contributed by atoms with van der Waals surface area (Å²) in [7, 11) is 1.91. The summed E-state index contributed by atoms with van der Waals surface area (Å²) >= 11 is 0. The number of rotatable bonds is 3. The Bertz CT molecular complexity index is 644. The molecule has 0 unspecified atom stereocenters. The summed E-state index contributed by atoms with van der Waals surface area (Å²) in [6.07, 6.45) is 1.45. The van der Waals surface area contributed by atoms with Crippen LogP contribution in [0.1, 0.15) is 33.7 Å². The van der Waals surface area contributed by atoms with Crippen LogP contribution in [0.2, 0.25) is 0 Å². The molecule has 0 amide bonds. The molecule has 0 saturated heterocycles. The number of aromatic nitrogens is 2. The first-order valence-corrected chi connectivity index (χ1v) is 6.42. The molecule has 1 aliphatic rings. The van der Waals surface area contributed by atoms with E-state index in [1.165, 1.54) is 0 Å². The maximum atomic E-state index is 11.6. The molecule has 0 radical (unpaired) electrons. The molecule has 1 heterocycles. The van der Waals surface area contributed by atoms with Gasteiger partial charge in [0.25, 0.3) is 0 Å². The largest absolute Gasteiger partial charge is 0.487 e. The highest BCUT2D eigenvalue weighted by atomic mass is 16.5. The number of carbonyl (C=O) groups excluding carboxylic acids is 1. The van der Waals surface area contributed by atoms with Crippen molar-refractivity contribution in [3.05, 3.63) is 46.8 Å². The Balaban J connectivity index is 1.74. The summed E-state index contributed by atoms with van der Waals surface area (Å²) < 4.78 is 7.60. The Morgan fingerprint density at radius 3 is 2.89 bits per heavy atom. The molecule has 0 N–H and O–H groups in total. The van der Waals surface area contributed by atoms with Crippen LogP contribution in [-0.2, 0) is 20.1 Å². The van der Waals surface area contributed by atoms with Gasteiger partial charge < -0.3 is 4.74 Å². The van der Waals surface area contributed by atoms with E-state index in [1.54, 1.807) is 0 Å². The molecule has 0 fully saturated rings. The number of nitrogens with zero attached hydrogens (tertiary/aromatic N) is 2. The molecule has 98 valence electrons. The lowest BCUT2D eigenvalue weighted by Crippen LogP contribution is -2.03. The van der Waals surface area contributed by atoms with Crippen LogP contribution in [0.15, 0.2) is 24.3 Å². The SMILES string of the molecule is Cc1cc(COc2ccc3c(c2)CCC3=O)n(C)n1. The Labute approximate surface area is 112 Å². The number of ketones is 1. The summed E-state index contributed by atoms with van der Waals surface area (Å²) in [6, 6.07) is 7.72. The summed E-state index contributed by atoms with van der Waals surface area (Å²) in [6.45, 7) is 2.45. The van der Waals surface area contributed by atoms with E-state index in [0.29, 0.717) is 13.0 Å². The number of aryl methyl sites for hydroxylation is 3. The molecule has 1 aromatic carbocycles. The third-order valence-corrected chi connectivity index (χ3v) is 3.48. The summed E-state index contributed by atoms with van der Waals surface area (Å²) in [4.78, 5) is 11.6. The second-order valence-electron chi connectivity index (χ2n) is 4.93. The van der Waals surface area contributed by atoms with Crippen LogP contribution in [0.4, 0.5) is 0 Å². The Morgan fingerprint density at radius 1 is 1.32 bits per heavy atom. The third-order valence-electron chi connectivity index (χ3n) is 3.48. The van der Waals surface area contributed by atoms with Crippen LogP contribution in [0.25, 0.3) is 0 Å². The van der Waals surface area contributed by atoms with Gasteiger partial charge in [0.2, 0.25) is 0 Å². The molecule has 0 aliphatic heterocycles. The maximum absolute atomic E-state index is 11.6. The van der Waals surface area contributed by atoms with Gasteiger partial charge in [0.15, 0.2) is 5.78 Å². The first-order chi connectivity index (χ1) is 9.13. The van der Waals surface area contributed by atoms with Gasteiger partial charge in [-0.25, -0.2) is 0 Å². The fourth-order valence-electron chi connectivity index (χ4n) is 2.48. The average Bonchev–Trinajstić information content (AvgIpc) is 2.90. The molecule has 2 aromatic rings. The fourth-order valence-corrected chi connectivity index (χ4v) is 2.48. The van der Waals surface area contributed by atoms with Gasteiger partial charge >= 0.3 is 0 Å². The Hall–Kier alpha value is -2.10. The second kappa shape index (κ2) is 4.53. The van der Waals surface area contributed by atoms with Crippen molar-refractivity contribution >= 4 is 5.78 Å². The predicted molar refractivity (Wildman–Crippen MR) is 71.4 cm³/mol. The van der Waals surface area contributed by atoms with E-state index in [9.17, 15) is 4.79 Å². The normalized spacial score (nSPS) is 13.7. The number of hydrogen-bond acceptors (Lipinski definition) is 3. The van der Waals surface area contributed by atoms with Crippen molar-refractivity contribution in [2.45, 2.75) is 26.4 Å². The van der Waals surface area contributed by atoms with E-state index < -0.39 is 0 Å². The van der Waals surface area contributed by atoms with Crippen LogP contribution >= 0.6 is 0 Å². The number of Topliss-reactive ketones (excluding diaryl/α,β-unsaturated/α-hetero) is 1. The zero-order valence-corrected chi connectivity index (χ0v) is 11.1. The summed E-state index contributed by atoms with van der Waals surface area (Å²) in [5.74, 6) is 1.05. The zero-order chi connectivity index (χ0) is 13.4. The van der Waals surface area contributed by atoms with Gasteiger partial charge in [-0.2, -0.15) is 5.10 Å². The van der Waals surface area contributed by atoms with Crippen molar-refractivity contribution in [1.82, 2.24) is 9.78 Å². The first kappa shape index (κ1) is 12.0. The maximum Gasteiger partial charge on any atom is 0.163 e. The molecular weight excluding hydrogens is 240 g/mol. The molecule has 1 aliphatic carbocycles. The van der Waals surface area contributed by atoms with Crippen LogP contribution in [0.3, 0.4) is 0 Å². The van der Waals surface area contributed by atoms with Crippen LogP contribution in [0.5, 0.6) is 5.75 Å². The molecule has 0 atom stereocenters. The minimum atomic E-state index is 0.240. The van der Waals surface area contributed by atoms with Crippen molar-refractivity contribution in [2.24, 2.45) is 7.05 Å². The predicted octanol–water partition coefficient (Wildman–Crippen LogP) is 2.44. The van der Waals surface area contributed by atoms with Crippen molar-refractivity contribution in [3.63, 3.8) is 0 Å². The molecule has 0 spiro atoms. The molecule has 0 bridgehead atoms. The van der Waals surface area contributed by atoms with Crippen LogP contribution in [0, 0.1) is 6.92 Å². The number of hydrogen-bond donors (Lipinski definition) is 0. The third kappa shape index (κ3) is 2.26. The van der Waals surface area contributed by atoms with E-state index in [2.05, 4.69) is 5.10 Å². The van der Waals surface area contributed by atoms with Gasteiger partial charge in [-0.1, -0.05) is 0 Å². The lowest BCUT2D eigenvalue weighted by atomic mass is 10.1. The first-order valence-electron chi connectivity index (χ1n) is 6.42. The number of carbonyl (C=O) groups is 1. The fraction of sp³-hybridized carbons (Fsp3) is 0.333. The van der Waals surface area contributed by atoms with Gasteiger partial charge in [0.05, 0.1) is 11.4 Å². The zero-order valence-electron chi connectivity index (χ0n) is 11.1. The topological polar surface area (TPSA) is 44.1 Å². The van der Waals surface area contributed by atoms with Gasteiger partial charge in [-0.05, 0) is 43.2 Å². The van der Waals surface area contributed by atoms with Gasteiger partial charge in [0.1, 0.15) is 12.4 Å². The van der Waals surface area contributed by atoms with E-state index >= 15 is 0 Å². The molecule has 0 saturated carbocycles. The highest BCUT2D eigenvalue weighted by molar-refractivity contribution is 6.00. The average molecular weight is 256 g/mol. The smallest absolute Gasteiger partial charge is 0.163 e. The van der Waals surface area contributed by atoms with Gasteiger partial charge in [-0.3, -0.25) is 9.48 Å². The molecule has 1 aromatic heterocycles. The molecule has 19 heavy (non-hydrogen) atoms. The van der Waals surface area contributed by atoms with E-state index in [1.807, 2.05) is 42.9 Å². The quantitative estimate of drug-likeness (QED) is 0.847. The Kier molecular flexibility index (Phi) is 2.85. The number of benzene rings is 1. The van der Waals surface area contributed by atoms with Gasteiger partial charge in [0, 0.05) is 19.0 Å². The minimum absolute atomic E-state index is 0.240. The standard InChI is InChI=1S/C15H16N2O2/c1-10-7-12(17(2)16-10)9-19-13-4-5-14-11(8-13)3-6-15(14)18/h4-5,7-8H,3,6,9H2,1-2H3. The number of fused-ring (bicyclic) bond motifs is 1. The molecular formula is C15H16N2O2. The van der Waals surface area contributed by atoms with Crippen molar-refractivity contribution in [2.75, 3.05) is 0 Å². The minimum Gasteiger partial charge on any atom is -0.487 e. The monoisotopic (exact) mass is 256 g/mol. The summed E-state index contributed by atoms with van der Waals surface area (Å²) in [5, 5.41) is 4.28. The van der Waals surface area contributed by atoms with Crippen molar-refractivity contribution < 1.29 is 9.53 Å². The van der Waals surface area contributed by atoms with E-state index in [0.717, 1.165) is 34.7 Å². The van der Waals surface area contributed by atoms with Gasteiger partial charge in [-0.15, -0.1) is 0 Å². The van der Waals surface area contributed by atoms with E-state index in [-0.39, 0.29) is 5.78 Å². The lowest BCUT2D eigenvalue weighted by Gasteiger charge is -2.07. The van der Waals surface area contributed by atoms with Crippen molar-refractivity contribution in [3.8, 4) is 5.75 Å². The molecule has 3 rings (SSSR count). The van der Waals surface area contributed by atoms with Crippen LogP contribution < -0.4 is 4.74 Å². The molecule has 4 nitrogen and oxygen atoms in total. The lowest BCUT2D eigenvalue weighted by molar-refractivity contribution is 0.0994. The highest BCUT2D eigenvalue weighted by Gasteiger charge is 2.19. The highest BCUT2D eigenvalue weighted by Crippen LogP contribution is 2.26. The summed E-state index contributed by atoms with van der Waals surface area (Å²) in [5.41, 5.74) is 3.97.